The molecular formula is C22H24BrFN2O2. The lowest BCUT2D eigenvalue weighted by atomic mass is 9.94. The van der Waals surface area contributed by atoms with E-state index in [4.69, 9.17) is 4.74 Å². The molecule has 0 bridgehead atoms. The Morgan fingerprint density at radius 2 is 1.89 bits per heavy atom. The molecule has 4 rings (SSSR count). The van der Waals surface area contributed by atoms with E-state index < -0.39 is 5.41 Å². The van der Waals surface area contributed by atoms with Gasteiger partial charge in [0.25, 0.3) is 0 Å². The van der Waals surface area contributed by atoms with Crippen molar-refractivity contribution in [1.82, 2.24) is 10.2 Å². The van der Waals surface area contributed by atoms with Crippen LogP contribution in [-0.4, -0.2) is 43.7 Å². The first-order valence-corrected chi connectivity index (χ1v) is 10.5. The van der Waals surface area contributed by atoms with Crippen LogP contribution in [-0.2, 0) is 14.9 Å². The van der Waals surface area contributed by atoms with Gasteiger partial charge in [-0.3, -0.25) is 9.69 Å². The lowest BCUT2D eigenvalue weighted by Gasteiger charge is -2.35. The van der Waals surface area contributed by atoms with Crippen molar-refractivity contribution >= 4 is 21.8 Å². The van der Waals surface area contributed by atoms with Crippen LogP contribution in [0.15, 0.2) is 53.0 Å². The fourth-order valence-corrected chi connectivity index (χ4v) is 4.22. The number of carbonyl (C=O) groups excluding carboxylic acids is 1. The number of morpholine rings is 1. The van der Waals surface area contributed by atoms with Gasteiger partial charge in [0.05, 0.1) is 24.7 Å². The summed E-state index contributed by atoms with van der Waals surface area (Å²) in [5.74, 6) is -0.194. The van der Waals surface area contributed by atoms with Crippen molar-refractivity contribution in [2.45, 2.75) is 24.3 Å². The first-order valence-electron chi connectivity index (χ1n) is 9.70. The largest absolute Gasteiger partial charge is 0.379 e. The lowest BCUT2D eigenvalue weighted by Crippen LogP contribution is -2.45. The minimum atomic E-state index is -0.418. The SMILES string of the molecule is O=C(NCC(c1cccc(F)c1)N1CCOCC1)C1(c2ccc(Br)cc2)CC1. The number of carbonyl (C=O) groups is 1. The van der Waals surface area contributed by atoms with Gasteiger partial charge in [0.15, 0.2) is 0 Å². The number of nitrogens with zero attached hydrogens (tertiary/aromatic N) is 1. The highest BCUT2D eigenvalue weighted by Crippen LogP contribution is 2.48. The van der Waals surface area contributed by atoms with Crippen molar-refractivity contribution in [1.29, 1.82) is 0 Å². The normalized spacial score (nSPS) is 19.8. The molecule has 0 spiro atoms. The monoisotopic (exact) mass is 446 g/mol. The summed E-state index contributed by atoms with van der Waals surface area (Å²) in [6.07, 6.45) is 1.73. The molecule has 6 heteroatoms. The van der Waals surface area contributed by atoms with Crippen molar-refractivity contribution in [3.63, 3.8) is 0 Å². The predicted molar refractivity (Wildman–Crippen MR) is 110 cm³/mol. The third kappa shape index (κ3) is 4.14. The van der Waals surface area contributed by atoms with Crippen molar-refractivity contribution in [2.75, 3.05) is 32.8 Å². The van der Waals surface area contributed by atoms with Gasteiger partial charge in [0, 0.05) is 24.1 Å². The molecule has 1 heterocycles. The topological polar surface area (TPSA) is 41.6 Å². The van der Waals surface area contributed by atoms with Crippen LogP contribution < -0.4 is 5.32 Å². The van der Waals surface area contributed by atoms with Crippen LogP contribution in [0.4, 0.5) is 4.39 Å². The van der Waals surface area contributed by atoms with E-state index in [9.17, 15) is 9.18 Å². The number of nitrogens with one attached hydrogen (secondary N) is 1. The second-order valence-electron chi connectivity index (χ2n) is 7.52. The van der Waals surface area contributed by atoms with Gasteiger partial charge in [-0.25, -0.2) is 4.39 Å². The van der Waals surface area contributed by atoms with E-state index in [0.717, 1.165) is 41.5 Å². The Labute approximate surface area is 173 Å². The van der Waals surface area contributed by atoms with E-state index in [1.165, 1.54) is 6.07 Å². The Bertz CT molecular complexity index is 833. The molecule has 1 saturated carbocycles. The number of ether oxygens (including phenoxy) is 1. The van der Waals surface area contributed by atoms with Gasteiger partial charge < -0.3 is 10.1 Å². The van der Waals surface area contributed by atoms with E-state index >= 15 is 0 Å². The first-order chi connectivity index (χ1) is 13.6. The minimum absolute atomic E-state index is 0.0597. The number of hydrogen-bond donors (Lipinski definition) is 1. The Kier molecular flexibility index (Phi) is 5.80. The molecule has 1 saturated heterocycles. The summed E-state index contributed by atoms with van der Waals surface area (Å²) in [5.41, 5.74) is 1.52. The molecule has 1 aliphatic heterocycles. The highest BCUT2D eigenvalue weighted by molar-refractivity contribution is 9.10. The zero-order valence-corrected chi connectivity index (χ0v) is 17.3. The summed E-state index contributed by atoms with van der Waals surface area (Å²) in [4.78, 5) is 15.3. The maximum atomic E-state index is 13.8. The zero-order valence-electron chi connectivity index (χ0n) is 15.7. The van der Waals surface area contributed by atoms with Crippen LogP contribution in [0.5, 0.6) is 0 Å². The van der Waals surface area contributed by atoms with Crippen LogP contribution in [0, 0.1) is 5.82 Å². The van der Waals surface area contributed by atoms with Crippen LogP contribution in [0.2, 0.25) is 0 Å². The molecule has 0 radical (unpaired) electrons. The quantitative estimate of drug-likeness (QED) is 0.733. The molecular weight excluding hydrogens is 423 g/mol. The van der Waals surface area contributed by atoms with E-state index in [0.29, 0.717) is 19.8 Å². The fourth-order valence-electron chi connectivity index (χ4n) is 3.96. The van der Waals surface area contributed by atoms with Crippen molar-refractivity contribution in [3.8, 4) is 0 Å². The number of hydrogen-bond acceptors (Lipinski definition) is 3. The molecule has 28 heavy (non-hydrogen) atoms. The molecule has 2 fully saturated rings. The molecule has 148 valence electrons. The van der Waals surface area contributed by atoms with Crippen molar-refractivity contribution in [2.24, 2.45) is 0 Å². The van der Waals surface area contributed by atoms with Crippen LogP contribution in [0.1, 0.15) is 30.0 Å². The molecule has 4 nitrogen and oxygen atoms in total. The van der Waals surface area contributed by atoms with Gasteiger partial charge in [0.2, 0.25) is 5.91 Å². The molecule has 1 aliphatic carbocycles. The van der Waals surface area contributed by atoms with E-state index in [2.05, 4.69) is 26.1 Å². The number of amides is 1. The van der Waals surface area contributed by atoms with Gasteiger partial charge in [-0.05, 0) is 48.2 Å². The molecule has 2 aromatic carbocycles. The fraction of sp³-hybridized carbons (Fsp3) is 0.409. The van der Waals surface area contributed by atoms with E-state index in [1.54, 1.807) is 12.1 Å². The summed E-state index contributed by atoms with van der Waals surface area (Å²) in [6, 6.07) is 14.6. The van der Waals surface area contributed by atoms with Crippen molar-refractivity contribution in [3.05, 3.63) is 69.9 Å². The van der Waals surface area contributed by atoms with Crippen LogP contribution >= 0.6 is 15.9 Å². The van der Waals surface area contributed by atoms with Gasteiger partial charge in [-0.2, -0.15) is 0 Å². The third-order valence-electron chi connectivity index (χ3n) is 5.76. The summed E-state index contributed by atoms with van der Waals surface area (Å²) in [5, 5.41) is 3.16. The van der Waals surface area contributed by atoms with Gasteiger partial charge >= 0.3 is 0 Å². The maximum Gasteiger partial charge on any atom is 0.230 e. The Balaban J connectivity index is 1.49. The summed E-state index contributed by atoms with van der Waals surface area (Å²) in [7, 11) is 0. The van der Waals surface area contributed by atoms with E-state index in [-0.39, 0.29) is 17.8 Å². The van der Waals surface area contributed by atoms with Crippen molar-refractivity contribution < 1.29 is 13.9 Å². The standard InChI is InChI=1S/C22H24BrFN2O2/c23-18-6-4-17(5-7-18)22(8-9-22)21(27)25-15-20(26-10-12-28-13-11-26)16-2-1-3-19(24)14-16/h1-7,14,20H,8-13,15H2,(H,25,27). The molecule has 1 N–H and O–H groups in total. The second kappa shape index (κ2) is 8.31. The maximum absolute atomic E-state index is 13.8. The van der Waals surface area contributed by atoms with E-state index in [1.807, 2.05) is 30.3 Å². The minimum Gasteiger partial charge on any atom is -0.379 e. The highest BCUT2D eigenvalue weighted by atomic mass is 79.9. The third-order valence-corrected chi connectivity index (χ3v) is 6.29. The summed E-state index contributed by atoms with van der Waals surface area (Å²) >= 11 is 3.45. The Morgan fingerprint density at radius 3 is 2.54 bits per heavy atom. The molecule has 1 atom stereocenters. The molecule has 0 aromatic heterocycles. The highest BCUT2D eigenvalue weighted by Gasteiger charge is 2.51. The number of halogens is 2. The molecule has 1 amide bonds. The molecule has 2 aromatic rings. The second-order valence-corrected chi connectivity index (χ2v) is 8.43. The lowest BCUT2D eigenvalue weighted by molar-refractivity contribution is -0.124. The average molecular weight is 447 g/mol. The summed E-state index contributed by atoms with van der Waals surface area (Å²) < 4.78 is 20.3. The van der Waals surface area contributed by atoms with Crippen LogP contribution in [0.25, 0.3) is 0 Å². The van der Waals surface area contributed by atoms with Gasteiger partial charge in [0.1, 0.15) is 5.82 Å². The van der Waals surface area contributed by atoms with Gasteiger partial charge in [-0.1, -0.05) is 40.2 Å². The molecule has 2 aliphatic rings. The number of benzene rings is 2. The average Bonchev–Trinajstić information content (AvgIpc) is 3.51. The first kappa shape index (κ1) is 19.6. The Hall–Kier alpha value is -1.76. The summed E-state index contributed by atoms with van der Waals surface area (Å²) in [6.45, 7) is 3.32. The number of rotatable bonds is 6. The molecule has 1 unspecified atom stereocenters. The Morgan fingerprint density at radius 1 is 1.18 bits per heavy atom. The van der Waals surface area contributed by atoms with Crippen LogP contribution in [0.3, 0.4) is 0 Å². The smallest absolute Gasteiger partial charge is 0.230 e. The predicted octanol–water partition coefficient (Wildman–Crippen LogP) is 3.81. The van der Waals surface area contributed by atoms with Gasteiger partial charge in [-0.15, -0.1) is 0 Å². The zero-order chi connectivity index (χ0) is 19.6.